The van der Waals surface area contributed by atoms with Crippen LogP contribution in [0.3, 0.4) is 0 Å². The number of carbonyl (C=O) groups excluding carboxylic acids is 2. The maximum Gasteiger partial charge on any atom is 0.311 e. The molecule has 92 valence electrons. The molecule has 17 heavy (non-hydrogen) atoms. The van der Waals surface area contributed by atoms with Gasteiger partial charge in [0.05, 0.1) is 12.2 Å². The van der Waals surface area contributed by atoms with Gasteiger partial charge in [-0.25, -0.2) is 0 Å². The van der Waals surface area contributed by atoms with Gasteiger partial charge in [0.1, 0.15) is 0 Å². The summed E-state index contributed by atoms with van der Waals surface area (Å²) >= 11 is 0. The van der Waals surface area contributed by atoms with Crippen LogP contribution in [0.2, 0.25) is 0 Å². The fraction of sp³-hybridized carbons (Fsp3) is 0.385. The lowest BCUT2D eigenvalue weighted by atomic mass is 10.2. The van der Waals surface area contributed by atoms with Gasteiger partial charge in [-0.1, -0.05) is 13.0 Å². The van der Waals surface area contributed by atoms with Gasteiger partial charge in [-0.05, 0) is 25.5 Å². The van der Waals surface area contributed by atoms with Gasteiger partial charge >= 0.3 is 5.97 Å². The molecule has 0 aliphatic heterocycles. The van der Waals surface area contributed by atoms with Gasteiger partial charge in [-0.2, -0.15) is 0 Å². The lowest BCUT2D eigenvalue weighted by Crippen LogP contribution is -2.10. The van der Waals surface area contributed by atoms with Crippen molar-refractivity contribution in [1.82, 2.24) is 0 Å². The van der Waals surface area contributed by atoms with E-state index < -0.39 is 0 Å². The second-order valence-electron chi connectivity index (χ2n) is 3.45. The molecule has 0 N–H and O–H groups in total. The lowest BCUT2D eigenvalue weighted by molar-refractivity contribution is -0.134. The van der Waals surface area contributed by atoms with Crippen LogP contribution in [0.5, 0.6) is 11.5 Å². The molecule has 0 bridgehead atoms. The molecule has 0 aliphatic rings. The maximum absolute atomic E-state index is 11.4. The van der Waals surface area contributed by atoms with E-state index in [-0.39, 0.29) is 11.7 Å². The number of aldehydes is 1. The maximum atomic E-state index is 11.4. The molecule has 0 saturated carbocycles. The predicted octanol–water partition coefficient (Wildman–Crippen LogP) is 2.60. The molecule has 0 radical (unpaired) electrons. The van der Waals surface area contributed by atoms with Gasteiger partial charge in [0.15, 0.2) is 17.8 Å². The van der Waals surface area contributed by atoms with Crippen molar-refractivity contribution in [2.75, 3.05) is 6.61 Å². The van der Waals surface area contributed by atoms with E-state index in [9.17, 15) is 9.59 Å². The average molecular weight is 236 g/mol. The molecule has 1 aromatic rings. The number of para-hydroxylation sites is 1. The van der Waals surface area contributed by atoms with Gasteiger partial charge in [-0.15, -0.1) is 0 Å². The first-order chi connectivity index (χ1) is 8.22. The summed E-state index contributed by atoms with van der Waals surface area (Å²) in [6.45, 7) is 4.15. The van der Waals surface area contributed by atoms with Crippen molar-refractivity contribution in [3.05, 3.63) is 23.8 Å². The fourth-order valence-electron chi connectivity index (χ4n) is 1.37. The van der Waals surface area contributed by atoms with Crippen LogP contribution in [0.4, 0.5) is 0 Å². The molecule has 0 aliphatic carbocycles. The Morgan fingerprint density at radius 3 is 2.71 bits per heavy atom. The largest absolute Gasteiger partial charge is 0.490 e. The molecule has 1 rings (SSSR count). The van der Waals surface area contributed by atoms with Crippen molar-refractivity contribution in [3.8, 4) is 11.5 Å². The number of hydrogen-bond donors (Lipinski definition) is 0. The minimum Gasteiger partial charge on any atom is -0.490 e. The summed E-state index contributed by atoms with van der Waals surface area (Å²) in [4.78, 5) is 22.3. The minimum atomic E-state index is -0.359. The summed E-state index contributed by atoms with van der Waals surface area (Å²) in [5, 5.41) is 0. The van der Waals surface area contributed by atoms with Crippen molar-refractivity contribution < 1.29 is 19.1 Å². The highest BCUT2D eigenvalue weighted by molar-refractivity contribution is 5.84. The Labute approximate surface area is 101 Å². The topological polar surface area (TPSA) is 52.6 Å². The van der Waals surface area contributed by atoms with Crippen LogP contribution in [0.1, 0.15) is 37.0 Å². The molecule has 0 amide bonds. The van der Waals surface area contributed by atoms with Crippen molar-refractivity contribution in [1.29, 1.82) is 0 Å². The molecule has 0 saturated heterocycles. The summed E-state index contributed by atoms with van der Waals surface area (Å²) in [6, 6.07) is 4.95. The van der Waals surface area contributed by atoms with Crippen LogP contribution in [0.15, 0.2) is 18.2 Å². The van der Waals surface area contributed by atoms with E-state index >= 15 is 0 Å². The van der Waals surface area contributed by atoms with E-state index in [4.69, 9.17) is 9.47 Å². The smallest absolute Gasteiger partial charge is 0.311 e. The highest BCUT2D eigenvalue weighted by atomic mass is 16.6. The number of hydrogen-bond acceptors (Lipinski definition) is 4. The van der Waals surface area contributed by atoms with Crippen LogP contribution in [0, 0.1) is 0 Å². The van der Waals surface area contributed by atoms with Crippen molar-refractivity contribution in [3.63, 3.8) is 0 Å². The fourth-order valence-corrected chi connectivity index (χ4v) is 1.37. The zero-order chi connectivity index (χ0) is 12.7. The van der Waals surface area contributed by atoms with Crippen molar-refractivity contribution >= 4 is 12.3 Å². The van der Waals surface area contributed by atoms with Crippen LogP contribution in [-0.2, 0) is 4.79 Å². The van der Waals surface area contributed by atoms with Crippen LogP contribution in [-0.4, -0.2) is 18.9 Å². The Bertz CT molecular complexity index is 398. The van der Waals surface area contributed by atoms with Crippen LogP contribution >= 0.6 is 0 Å². The van der Waals surface area contributed by atoms with Gasteiger partial charge in [0.25, 0.3) is 0 Å². The monoisotopic (exact) mass is 236 g/mol. The molecular formula is C13H16O4. The molecule has 0 aromatic heterocycles. The molecule has 0 heterocycles. The van der Waals surface area contributed by atoms with Crippen LogP contribution < -0.4 is 9.47 Å². The van der Waals surface area contributed by atoms with Gasteiger partial charge < -0.3 is 9.47 Å². The van der Waals surface area contributed by atoms with Gasteiger partial charge in [-0.3, -0.25) is 9.59 Å². The van der Waals surface area contributed by atoms with Crippen LogP contribution in [0.25, 0.3) is 0 Å². The Kier molecular flexibility index (Phi) is 5.20. The first kappa shape index (κ1) is 13.2. The number of carbonyl (C=O) groups is 2. The molecule has 0 spiro atoms. The summed E-state index contributed by atoms with van der Waals surface area (Å²) in [5.74, 6) is 0.270. The van der Waals surface area contributed by atoms with E-state index in [1.54, 1.807) is 18.2 Å². The second-order valence-corrected chi connectivity index (χ2v) is 3.45. The normalized spacial score (nSPS) is 9.76. The molecular weight excluding hydrogens is 220 g/mol. The van der Waals surface area contributed by atoms with E-state index in [2.05, 4.69) is 0 Å². The first-order valence-electron chi connectivity index (χ1n) is 5.64. The molecule has 0 unspecified atom stereocenters. The predicted molar refractivity (Wildman–Crippen MR) is 63.5 cm³/mol. The molecule has 0 atom stereocenters. The van der Waals surface area contributed by atoms with E-state index in [1.165, 1.54) is 0 Å². The standard InChI is InChI=1S/C13H16O4/c1-3-6-12(15)17-13-10(9-14)7-5-8-11(13)16-4-2/h5,7-9H,3-4,6H2,1-2H3. The van der Waals surface area contributed by atoms with E-state index in [1.807, 2.05) is 13.8 Å². The quantitative estimate of drug-likeness (QED) is 0.433. The third-order valence-corrected chi connectivity index (χ3v) is 2.11. The third kappa shape index (κ3) is 3.59. The minimum absolute atomic E-state index is 0.211. The Hall–Kier alpha value is -1.84. The Morgan fingerprint density at radius 2 is 2.12 bits per heavy atom. The Morgan fingerprint density at radius 1 is 1.35 bits per heavy atom. The summed E-state index contributed by atoms with van der Waals surface area (Å²) in [7, 11) is 0. The van der Waals surface area contributed by atoms with Crippen molar-refractivity contribution in [2.45, 2.75) is 26.7 Å². The second kappa shape index (κ2) is 6.68. The summed E-state index contributed by atoms with van der Waals surface area (Å²) in [5.41, 5.74) is 0.320. The summed E-state index contributed by atoms with van der Waals surface area (Å²) < 4.78 is 10.5. The zero-order valence-electron chi connectivity index (χ0n) is 10.1. The highest BCUT2D eigenvalue weighted by Gasteiger charge is 2.14. The number of rotatable bonds is 6. The SMILES string of the molecule is CCCC(=O)Oc1c(C=O)cccc1OCC. The molecule has 4 nitrogen and oxygen atoms in total. The zero-order valence-corrected chi connectivity index (χ0v) is 10.1. The number of benzene rings is 1. The molecule has 0 fully saturated rings. The highest BCUT2D eigenvalue weighted by Crippen LogP contribution is 2.30. The first-order valence-corrected chi connectivity index (χ1v) is 5.64. The van der Waals surface area contributed by atoms with E-state index in [0.717, 1.165) is 0 Å². The van der Waals surface area contributed by atoms with E-state index in [0.29, 0.717) is 37.0 Å². The number of esters is 1. The third-order valence-electron chi connectivity index (χ3n) is 2.11. The van der Waals surface area contributed by atoms with Gasteiger partial charge in [0.2, 0.25) is 0 Å². The molecule has 1 aromatic carbocycles. The average Bonchev–Trinajstić information content (AvgIpc) is 2.32. The van der Waals surface area contributed by atoms with Gasteiger partial charge in [0, 0.05) is 6.42 Å². The summed E-state index contributed by atoms with van der Waals surface area (Å²) in [6.07, 6.45) is 1.67. The number of ether oxygens (including phenoxy) is 2. The Balaban J connectivity index is 2.99. The molecule has 4 heteroatoms. The van der Waals surface area contributed by atoms with Crippen molar-refractivity contribution in [2.24, 2.45) is 0 Å². The lowest BCUT2D eigenvalue weighted by Gasteiger charge is -2.11.